The van der Waals surface area contributed by atoms with Crippen molar-refractivity contribution in [3.8, 4) is 11.4 Å². The first-order valence-electron chi connectivity index (χ1n) is 8.14. The zero-order valence-electron chi connectivity index (χ0n) is 15.3. The fourth-order valence-corrected chi connectivity index (χ4v) is 4.20. The molecule has 3 rings (SSSR count). The van der Waals surface area contributed by atoms with Gasteiger partial charge in [-0.3, -0.25) is 4.79 Å². The van der Waals surface area contributed by atoms with Crippen LogP contribution in [0.25, 0.3) is 5.69 Å². The lowest BCUT2D eigenvalue weighted by atomic mass is 10.2. The summed E-state index contributed by atoms with van der Waals surface area (Å²) in [6.07, 6.45) is -5.14. The van der Waals surface area contributed by atoms with E-state index in [1.165, 1.54) is 42.2 Å². The number of benzene rings is 2. The van der Waals surface area contributed by atoms with Gasteiger partial charge in [-0.1, -0.05) is 40.5 Å². The first-order valence-corrected chi connectivity index (χ1v) is 10.4. The van der Waals surface area contributed by atoms with Gasteiger partial charge in [-0.2, -0.15) is 13.2 Å². The molecule has 2 aromatic carbocycles. The number of aromatic nitrogens is 3. The molecule has 0 aliphatic rings. The van der Waals surface area contributed by atoms with Crippen LogP contribution in [-0.2, 0) is 16.2 Å². The largest absolute Gasteiger partial charge is 0.497 e. The van der Waals surface area contributed by atoms with Crippen molar-refractivity contribution >= 4 is 39.1 Å². The van der Waals surface area contributed by atoms with Crippen molar-refractivity contribution in [3.63, 3.8) is 0 Å². The maximum absolute atomic E-state index is 13.8. The molecule has 14 heteroatoms. The normalized spacial score (nSPS) is 11.9. The van der Waals surface area contributed by atoms with Gasteiger partial charge in [-0.15, -0.1) is 5.10 Å². The van der Waals surface area contributed by atoms with E-state index in [-0.39, 0.29) is 26.2 Å². The predicted octanol–water partition coefficient (Wildman–Crippen LogP) is 3.72. The second-order valence-corrected chi connectivity index (χ2v) is 8.34. The topological polar surface area (TPSA) is 103 Å². The van der Waals surface area contributed by atoms with Crippen molar-refractivity contribution in [2.45, 2.75) is 11.1 Å². The highest BCUT2D eigenvalue weighted by molar-refractivity contribution is 7.90. The third-order valence-electron chi connectivity index (χ3n) is 3.89. The van der Waals surface area contributed by atoms with Gasteiger partial charge >= 0.3 is 6.18 Å². The van der Waals surface area contributed by atoms with Crippen molar-refractivity contribution < 1.29 is 31.1 Å². The summed E-state index contributed by atoms with van der Waals surface area (Å²) in [4.78, 5) is 12.0. The van der Waals surface area contributed by atoms with Gasteiger partial charge < -0.3 is 4.74 Å². The van der Waals surface area contributed by atoms with Gasteiger partial charge in [0.1, 0.15) is 10.6 Å². The lowest BCUT2D eigenvalue weighted by molar-refractivity contribution is -0.143. The van der Waals surface area contributed by atoms with Crippen LogP contribution < -0.4 is 9.46 Å². The number of sulfonamides is 1. The van der Waals surface area contributed by atoms with Crippen LogP contribution in [-0.4, -0.2) is 36.4 Å². The quantitative estimate of drug-likeness (QED) is 0.579. The van der Waals surface area contributed by atoms with E-state index in [0.717, 1.165) is 12.1 Å². The van der Waals surface area contributed by atoms with Crippen LogP contribution in [0, 0.1) is 0 Å². The first-order chi connectivity index (χ1) is 14.5. The lowest BCUT2D eigenvalue weighted by Gasteiger charge is -2.13. The maximum atomic E-state index is 13.8. The van der Waals surface area contributed by atoms with E-state index in [4.69, 9.17) is 27.9 Å². The van der Waals surface area contributed by atoms with Crippen LogP contribution in [0.5, 0.6) is 5.75 Å². The summed E-state index contributed by atoms with van der Waals surface area (Å²) in [5.41, 5.74) is -3.19. The van der Waals surface area contributed by atoms with Crippen LogP contribution in [0.15, 0.2) is 47.4 Å². The number of carbonyl (C=O) groups excluding carboxylic acids is 1. The summed E-state index contributed by atoms with van der Waals surface area (Å²) in [6.45, 7) is 0. The Morgan fingerprint density at radius 2 is 1.81 bits per heavy atom. The Morgan fingerprint density at radius 1 is 1.13 bits per heavy atom. The van der Waals surface area contributed by atoms with Crippen molar-refractivity contribution in [2.24, 2.45) is 0 Å². The number of hydrogen-bond acceptors (Lipinski definition) is 6. The van der Waals surface area contributed by atoms with Gasteiger partial charge in [-0.05, 0) is 24.3 Å². The number of carbonyl (C=O) groups is 1. The summed E-state index contributed by atoms with van der Waals surface area (Å²) in [5, 5.41) is 6.22. The molecule has 164 valence electrons. The molecule has 0 fully saturated rings. The minimum absolute atomic E-state index is 0.146. The standard InChI is InChI=1S/C17H11Cl2F3N4O4S/c1-30-9-6-7-10(18)12(8-9)26-15(17(20,21)22)14(23-25-26)16(27)24-31(28,29)13-5-3-2-4-11(13)19/h2-8H,1H3,(H,24,27). The minimum Gasteiger partial charge on any atom is -0.497 e. The number of ether oxygens (including phenoxy) is 1. The molecule has 0 spiro atoms. The Morgan fingerprint density at radius 3 is 2.42 bits per heavy atom. The van der Waals surface area contributed by atoms with E-state index in [0.29, 0.717) is 0 Å². The van der Waals surface area contributed by atoms with Crippen LogP contribution in [0.1, 0.15) is 16.2 Å². The molecule has 0 bridgehead atoms. The van der Waals surface area contributed by atoms with E-state index < -0.39 is 38.4 Å². The Bertz CT molecular complexity index is 1260. The molecule has 0 saturated carbocycles. The number of amides is 1. The van der Waals surface area contributed by atoms with Gasteiger partial charge in [0.05, 0.1) is 22.8 Å². The van der Waals surface area contributed by atoms with Crippen LogP contribution in [0.3, 0.4) is 0 Å². The molecule has 0 aliphatic heterocycles. The number of alkyl halides is 3. The SMILES string of the molecule is COc1ccc(Cl)c(-n2nnc(C(=O)NS(=O)(=O)c3ccccc3Cl)c2C(F)(F)F)c1. The average molecular weight is 495 g/mol. The summed E-state index contributed by atoms with van der Waals surface area (Å²) in [5.74, 6) is -1.49. The highest BCUT2D eigenvalue weighted by Gasteiger charge is 2.43. The number of rotatable bonds is 5. The molecule has 3 aromatic rings. The van der Waals surface area contributed by atoms with Crippen molar-refractivity contribution in [1.82, 2.24) is 19.7 Å². The highest BCUT2D eigenvalue weighted by Crippen LogP contribution is 2.35. The second kappa shape index (κ2) is 8.36. The Kier molecular flexibility index (Phi) is 6.16. The highest BCUT2D eigenvalue weighted by atomic mass is 35.5. The fourth-order valence-electron chi connectivity index (χ4n) is 2.53. The van der Waals surface area contributed by atoms with Crippen molar-refractivity contribution in [1.29, 1.82) is 0 Å². The van der Waals surface area contributed by atoms with Gasteiger partial charge in [0.2, 0.25) is 0 Å². The predicted molar refractivity (Wildman–Crippen MR) is 104 cm³/mol. The molecular weight excluding hydrogens is 484 g/mol. The molecular formula is C17H11Cl2F3N4O4S. The van der Waals surface area contributed by atoms with Crippen molar-refractivity contribution in [3.05, 3.63) is 63.9 Å². The molecule has 0 radical (unpaired) electrons. The first kappa shape index (κ1) is 22.8. The zero-order valence-corrected chi connectivity index (χ0v) is 17.6. The maximum Gasteiger partial charge on any atom is 0.435 e. The summed E-state index contributed by atoms with van der Waals surface area (Å²) < 4.78 is 73.0. The lowest BCUT2D eigenvalue weighted by Crippen LogP contribution is -2.33. The monoisotopic (exact) mass is 494 g/mol. The van der Waals surface area contributed by atoms with Crippen LogP contribution in [0.4, 0.5) is 13.2 Å². The third kappa shape index (κ3) is 4.60. The molecule has 1 amide bonds. The van der Waals surface area contributed by atoms with Gasteiger partial charge in [-0.25, -0.2) is 17.8 Å². The summed E-state index contributed by atoms with van der Waals surface area (Å²) in [7, 11) is -3.31. The van der Waals surface area contributed by atoms with Crippen LogP contribution in [0.2, 0.25) is 10.0 Å². The Labute approximate surface area is 183 Å². The fraction of sp³-hybridized carbons (Fsp3) is 0.118. The molecule has 1 N–H and O–H groups in total. The van der Waals surface area contributed by atoms with E-state index in [1.54, 1.807) is 0 Å². The zero-order chi connectivity index (χ0) is 23.0. The molecule has 31 heavy (non-hydrogen) atoms. The van der Waals surface area contributed by atoms with E-state index in [2.05, 4.69) is 10.3 Å². The van der Waals surface area contributed by atoms with E-state index in [9.17, 15) is 26.4 Å². The molecule has 0 saturated heterocycles. The number of nitrogens with one attached hydrogen (secondary N) is 1. The van der Waals surface area contributed by atoms with E-state index in [1.807, 2.05) is 0 Å². The molecule has 0 unspecified atom stereocenters. The molecule has 8 nitrogen and oxygen atoms in total. The van der Waals surface area contributed by atoms with Crippen LogP contribution >= 0.6 is 23.2 Å². The number of halogens is 5. The van der Waals surface area contributed by atoms with Gasteiger partial charge in [0, 0.05) is 6.07 Å². The second-order valence-electron chi connectivity index (χ2n) is 5.88. The number of methoxy groups -OCH3 is 1. The smallest absolute Gasteiger partial charge is 0.435 e. The average Bonchev–Trinajstić information content (AvgIpc) is 3.14. The Balaban J connectivity index is 2.09. The number of hydrogen-bond donors (Lipinski definition) is 1. The number of nitrogens with zero attached hydrogens (tertiary/aromatic N) is 3. The Hall–Kier alpha value is -2.83. The van der Waals surface area contributed by atoms with Gasteiger partial charge in [0.25, 0.3) is 15.9 Å². The molecule has 0 atom stereocenters. The summed E-state index contributed by atoms with van der Waals surface area (Å²) in [6, 6.07) is 8.90. The van der Waals surface area contributed by atoms with Crippen molar-refractivity contribution in [2.75, 3.05) is 7.11 Å². The minimum atomic E-state index is -5.14. The van der Waals surface area contributed by atoms with E-state index >= 15 is 0 Å². The summed E-state index contributed by atoms with van der Waals surface area (Å²) >= 11 is 11.8. The molecule has 0 aliphatic carbocycles. The molecule has 1 heterocycles. The molecule has 1 aromatic heterocycles. The third-order valence-corrected chi connectivity index (χ3v) is 6.04. The van der Waals surface area contributed by atoms with Gasteiger partial charge in [0.15, 0.2) is 11.4 Å².